The van der Waals surface area contributed by atoms with Crippen LogP contribution in [-0.4, -0.2) is 36.2 Å². The van der Waals surface area contributed by atoms with E-state index < -0.39 is 0 Å². The molecule has 0 spiro atoms. The van der Waals surface area contributed by atoms with Gasteiger partial charge in [-0.05, 0) is 19.2 Å². The molecule has 0 radical (unpaired) electrons. The van der Waals surface area contributed by atoms with E-state index in [1.54, 1.807) is 12.1 Å². The predicted molar refractivity (Wildman–Crippen MR) is 80.0 cm³/mol. The van der Waals surface area contributed by atoms with E-state index in [9.17, 15) is 4.79 Å². The van der Waals surface area contributed by atoms with E-state index >= 15 is 0 Å². The third kappa shape index (κ3) is 4.84. The second kappa shape index (κ2) is 7.75. The average molecular weight is 309 g/mol. The summed E-state index contributed by atoms with van der Waals surface area (Å²) >= 11 is 5.92. The molecule has 1 aromatic carbocycles. The van der Waals surface area contributed by atoms with E-state index in [0.717, 1.165) is 5.56 Å². The zero-order valence-corrected chi connectivity index (χ0v) is 12.5. The normalized spacial score (nSPS) is 10.6. The third-order valence-electron chi connectivity index (χ3n) is 2.81. The first-order valence-electron chi connectivity index (χ1n) is 6.69. The Kier molecular flexibility index (Phi) is 5.71. The molecule has 0 unspecified atom stereocenters. The summed E-state index contributed by atoms with van der Waals surface area (Å²) < 4.78 is 5.15. The SMILES string of the molecule is CNCCC(=O)NCCc1nc(-c2cccc(Cl)c2)no1. The molecule has 112 valence electrons. The highest BCUT2D eigenvalue weighted by Gasteiger charge is 2.09. The molecule has 6 nitrogen and oxygen atoms in total. The van der Waals surface area contributed by atoms with E-state index in [0.29, 0.717) is 42.7 Å². The second-order valence-corrected chi connectivity index (χ2v) is 4.91. The Morgan fingerprint density at radius 1 is 1.38 bits per heavy atom. The van der Waals surface area contributed by atoms with Crippen LogP contribution in [0.15, 0.2) is 28.8 Å². The molecule has 0 fully saturated rings. The highest BCUT2D eigenvalue weighted by molar-refractivity contribution is 6.30. The van der Waals surface area contributed by atoms with Crippen molar-refractivity contribution in [3.05, 3.63) is 35.2 Å². The van der Waals surface area contributed by atoms with E-state index in [1.807, 2.05) is 19.2 Å². The van der Waals surface area contributed by atoms with Crippen molar-refractivity contribution in [3.63, 3.8) is 0 Å². The Bertz CT molecular complexity index is 600. The Morgan fingerprint density at radius 2 is 2.24 bits per heavy atom. The molecule has 2 N–H and O–H groups in total. The summed E-state index contributed by atoms with van der Waals surface area (Å²) in [6.45, 7) is 1.13. The summed E-state index contributed by atoms with van der Waals surface area (Å²) in [6, 6.07) is 7.25. The molecule has 1 heterocycles. The zero-order valence-electron chi connectivity index (χ0n) is 11.7. The molecule has 0 aliphatic carbocycles. The fraction of sp³-hybridized carbons (Fsp3) is 0.357. The van der Waals surface area contributed by atoms with Crippen molar-refractivity contribution in [1.29, 1.82) is 0 Å². The number of amides is 1. The molecule has 0 saturated heterocycles. The largest absolute Gasteiger partial charge is 0.356 e. The van der Waals surface area contributed by atoms with Crippen LogP contribution >= 0.6 is 11.6 Å². The van der Waals surface area contributed by atoms with Crippen LogP contribution in [0.2, 0.25) is 5.02 Å². The summed E-state index contributed by atoms with van der Waals surface area (Å²) in [5.74, 6) is 0.979. The standard InChI is InChI=1S/C14H17ClN4O2/c1-16-7-5-12(20)17-8-6-13-18-14(19-21-13)10-3-2-4-11(15)9-10/h2-4,9,16H,5-8H2,1H3,(H,17,20). The van der Waals surface area contributed by atoms with Crippen LogP contribution in [0.25, 0.3) is 11.4 Å². The van der Waals surface area contributed by atoms with Gasteiger partial charge >= 0.3 is 0 Å². The monoisotopic (exact) mass is 308 g/mol. The van der Waals surface area contributed by atoms with Gasteiger partial charge in [0.2, 0.25) is 17.6 Å². The first-order valence-corrected chi connectivity index (χ1v) is 7.06. The van der Waals surface area contributed by atoms with Gasteiger partial charge in [0, 0.05) is 36.5 Å². The number of nitrogens with zero attached hydrogens (tertiary/aromatic N) is 2. The quantitative estimate of drug-likeness (QED) is 0.813. The molecular weight excluding hydrogens is 292 g/mol. The van der Waals surface area contributed by atoms with E-state index in [1.165, 1.54) is 0 Å². The van der Waals surface area contributed by atoms with Gasteiger partial charge in [-0.25, -0.2) is 0 Å². The molecular formula is C14H17ClN4O2. The number of hydrogen-bond donors (Lipinski definition) is 2. The Morgan fingerprint density at radius 3 is 3.00 bits per heavy atom. The number of carbonyl (C=O) groups is 1. The molecule has 1 amide bonds. The molecule has 0 atom stereocenters. The van der Waals surface area contributed by atoms with Gasteiger partial charge in [0.05, 0.1) is 0 Å². The average Bonchev–Trinajstić information content (AvgIpc) is 2.94. The van der Waals surface area contributed by atoms with Crippen molar-refractivity contribution in [2.24, 2.45) is 0 Å². The number of rotatable bonds is 7. The molecule has 0 saturated carbocycles. The lowest BCUT2D eigenvalue weighted by Gasteiger charge is -2.02. The highest BCUT2D eigenvalue weighted by atomic mass is 35.5. The first kappa shape index (κ1) is 15.5. The predicted octanol–water partition coefficient (Wildman–Crippen LogP) is 1.66. The van der Waals surface area contributed by atoms with Gasteiger partial charge in [0.15, 0.2) is 0 Å². The van der Waals surface area contributed by atoms with Crippen LogP contribution in [0.3, 0.4) is 0 Å². The third-order valence-corrected chi connectivity index (χ3v) is 3.05. The van der Waals surface area contributed by atoms with Gasteiger partial charge in [0.25, 0.3) is 0 Å². The maximum Gasteiger partial charge on any atom is 0.228 e. The van der Waals surface area contributed by atoms with Gasteiger partial charge in [0.1, 0.15) is 0 Å². The highest BCUT2D eigenvalue weighted by Crippen LogP contribution is 2.19. The number of hydrogen-bond acceptors (Lipinski definition) is 5. The topological polar surface area (TPSA) is 80.0 Å². The van der Waals surface area contributed by atoms with Crippen LogP contribution in [-0.2, 0) is 11.2 Å². The summed E-state index contributed by atoms with van der Waals surface area (Å²) in [6.07, 6.45) is 0.951. The van der Waals surface area contributed by atoms with Crippen molar-refractivity contribution in [3.8, 4) is 11.4 Å². The smallest absolute Gasteiger partial charge is 0.228 e. The van der Waals surface area contributed by atoms with E-state index in [2.05, 4.69) is 20.8 Å². The van der Waals surface area contributed by atoms with Crippen LogP contribution in [0, 0.1) is 0 Å². The fourth-order valence-corrected chi connectivity index (χ4v) is 1.93. The summed E-state index contributed by atoms with van der Waals surface area (Å²) in [5, 5.41) is 10.2. The fourth-order valence-electron chi connectivity index (χ4n) is 1.74. The number of carbonyl (C=O) groups excluding carboxylic acids is 1. The lowest BCUT2D eigenvalue weighted by molar-refractivity contribution is -0.120. The minimum Gasteiger partial charge on any atom is -0.356 e. The Hall–Kier alpha value is -1.92. The van der Waals surface area contributed by atoms with Crippen LogP contribution in [0.4, 0.5) is 0 Å². The van der Waals surface area contributed by atoms with Crippen LogP contribution < -0.4 is 10.6 Å². The number of aromatic nitrogens is 2. The molecule has 2 rings (SSSR count). The number of nitrogens with one attached hydrogen (secondary N) is 2. The molecule has 7 heteroatoms. The summed E-state index contributed by atoms with van der Waals surface area (Å²) in [4.78, 5) is 15.7. The minimum absolute atomic E-state index is 0.000991. The number of halogens is 1. The Balaban J connectivity index is 1.85. The maximum absolute atomic E-state index is 11.4. The summed E-state index contributed by atoms with van der Waals surface area (Å²) in [7, 11) is 1.81. The van der Waals surface area contributed by atoms with Crippen LogP contribution in [0.5, 0.6) is 0 Å². The van der Waals surface area contributed by atoms with Crippen molar-refractivity contribution >= 4 is 17.5 Å². The molecule has 1 aromatic heterocycles. The summed E-state index contributed by atoms with van der Waals surface area (Å²) in [5.41, 5.74) is 0.801. The minimum atomic E-state index is -0.000991. The number of benzene rings is 1. The molecule has 0 aliphatic rings. The zero-order chi connectivity index (χ0) is 15.1. The van der Waals surface area contributed by atoms with Crippen molar-refractivity contribution in [2.75, 3.05) is 20.1 Å². The van der Waals surface area contributed by atoms with Crippen LogP contribution in [0.1, 0.15) is 12.3 Å². The first-order chi connectivity index (χ1) is 10.2. The lowest BCUT2D eigenvalue weighted by Crippen LogP contribution is -2.28. The molecule has 0 bridgehead atoms. The van der Waals surface area contributed by atoms with Gasteiger partial charge in [-0.15, -0.1) is 0 Å². The lowest BCUT2D eigenvalue weighted by atomic mass is 10.2. The van der Waals surface area contributed by atoms with Gasteiger partial charge < -0.3 is 15.2 Å². The van der Waals surface area contributed by atoms with Crippen molar-refractivity contribution in [2.45, 2.75) is 12.8 Å². The van der Waals surface area contributed by atoms with Gasteiger partial charge in [-0.3, -0.25) is 4.79 Å². The maximum atomic E-state index is 11.4. The van der Waals surface area contributed by atoms with E-state index in [-0.39, 0.29) is 5.91 Å². The molecule has 2 aromatic rings. The van der Waals surface area contributed by atoms with Crippen molar-refractivity contribution < 1.29 is 9.32 Å². The van der Waals surface area contributed by atoms with Gasteiger partial charge in [-0.1, -0.05) is 28.9 Å². The molecule has 21 heavy (non-hydrogen) atoms. The Labute approximate surface area is 127 Å². The van der Waals surface area contributed by atoms with E-state index in [4.69, 9.17) is 16.1 Å². The van der Waals surface area contributed by atoms with Crippen molar-refractivity contribution in [1.82, 2.24) is 20.8 Å². The second-order valence-electron chi connectivity index (χ2n) is 4.48. The molecule has 0 aliphatic heterocycles. The van der Waals surface area contributed by atoms with Gasteiger partial charge in [-0.2, -0.15) is 4.98 Å².